The summed E-state index contributed by atoms with van der Waals surface area (Å²) >= 11 is 0. The van der Waals surface area contributed by atoms with Crippen LogP contribution in [0.3, 0.4) is 0 Å². The first kappa shape index (κ1) is 13.1. The van der Waals surface area contributed by atoms with Crippen molar-refractivity contribution in [3.63, 3.8) is 0 Å². The molecule has 6 heteroatoms. The van der Waals surface area contributed by atoms with E-state index < -0.39 is 5.54 Å². The Labute approximate surface area is 118 Å². The lowest BCUT2D eigenvalue weighted by molar-refractivity contribution is -0.126. The number of amides is 3. The average Bonchev–Trinajstić information content (AvgIpc) is 3.08. The Balaban J connectivity index is 1.89. The minimum absolute atomic E-state index is 0.127. The van der Waals surface area contributed by atoms with Gasteiger partial charge in [0.15, 0.2) is 0 Å². The van der Waals surface area contributed by atoms with Gasteiger partial charge in [-0.1, -0.05) is 19.8 Å². The molecule has 108 valence electrons. The van der Waals surface area contributed by atoms with E-state index >= 15 is 0 Å². The van der Waals surface area contributed by atoms with Crippen molar-refractivity contribution >= 4 is 11.9 Å². The molecule has 2 aliphatic rings. The molecule has 20 heavy (non-hydrogen) atoms. The van der Waals surface area contributed by atoms with Gasteiger partial charge in [0.05, 0.1) is 17.9 Å². The molecule has 0 radical (unpaired) electrons. The third kappa shape index (κ3) is 1.82. The molecule has 3 amide bonds. The Morgan fingerprint density at radius 3 is 2.65 bits per heavy atom. The van der Waals surface area contributed by atoms with E-state index in [9.17, 15) is 9.59 Å². The fraction of sp³-hybridized carbons (Fsp3) is 0.643. The molecule has 1 spiro atoms. The highest BCUT2D eigenvalue weighted by Gasteiger charge is 2.54. The molecule has 1 saturated heterocycles. The minimum atomic E-state index is -0.617. The van der Waals surface area contributed by atoms with Crippen molar-refractivity contribution in [3.05, 3.63) is 17.5 Å². The van der Waals surface area contributed by atoms with Crippen LogP contribution in [0, 0.1) is 0 Å². The molecule has 1 N–H and O–H groups in total. The number of hydrogen-bond acceptors (Lipinski definition) is 3. The lowest BCUT2D eigenvalue weighted by atomic mass is 9.96. The third-order valence-corrected chi connectivity index (χ3v) is 4.55. The number of carbonyl (C=O) groups is 2. The maximum atomic E-state index is 12.2. The van der Waals surface area contributed by atoms with Crippen molar-refractivity contribution in [2.75, 3.05) is 0 Å². The molecule has 1 aliphatic heterocycles. The predicted octanol–water partition coefficient (Wildman–Crippen LogP) is 1.35. The van der Waals surface area contributed by atoms with Gasteiger partial charge in [0.2, 0.25) is 0 Å². The van der Waals surface area contributed by atoms with Gasteiger partial charge in [-0.15, -0.1) is 0 Å². The Morgan fingerprint density at radius 1 is 1.35 bits per heavy atom. The molecule has 0 atom stereocenters. The predicted molar refractivity (Wildman–Crippen MR) is 72.9 cm³/mol. The lowest BCUT2D eigenvalue weighted by Crippen LogP contribution is -2.47. The molecule has 2 heterocycles. The molecular weight excluding hydrogens is 256 g/mol. The first-order chi connectivity index (χ1) is 9.56. The number of imide groups is 1. The lowest BCUT2D eigenvalue weighted by Gasteiger charge is -2.31. The van der Waals surface area contributed by atoms with Gasteiger partial charge in [0, 0.05) is 7.05 Å². The molecule has 1 aliphatic carbocycles. The first-order valence-electron chi connectivity index (χ1n) is 7.21. The van der Waals surface area contributed by atoms with E-state index in [-0.39, 0.29) is 11.9 Å². The summed E-state index contributed by atoms with van der Waals surface area (Å²) in [7, 11) is 1.88. The average molecular weight is 276 g/mol. The van der Waals surface area contributed by atoms with E-state index in [0.29, 0.717) is 6.54 Å². The molecule has 0 aromatic carbocycles. The molecule has 3 rings (SSSR count). The topological polar surface area (TPSA) is 67.2 Å². The zero-order valence-electron chi connectivity index (χ0n) is 12.0. The number of carbonyl (C=O) groups excluding carboxylic acids is 2. The van der Waals surface area contributed by atoms with Crippen LogP contribution in [0.5, 0.6) is 0 Å². The summed E-state index contributed by atoms with van der Waals surface area (Å²) in [6.07, 6.45) is 4.40. The van der Waals surface area contributed by atoms with Crippen molar-refractivity contribution in [2.45, 2.75) is 51.1 Å². The SMILES string of the molecule is CCc1cc(CN2C(=O)NC(=O)C23CCCC3)n(C)n1. The number of rotatable bonds is 3. The quantitative estimate of drug-likeness (QED) is 0.847. The summed E-state index contributed by atoms with van der Waals surface area (Å²) < 4.78 is 1.80. The van der Waals surface area contributed by atoms with Crippen LogP contribution in [0.25, 0.3) is 0 Å². The van der Waals surface area contributed by atoms with Crippen molar-refractivity contribution in [2.24, 2.45) is 7.05 Å². The van der Waals surface area contributed by atoms with Crippen LogP contribution >= 0.6 is 0 Å². The Hall–Kier alpha value is -1.85. The normalized spacial score (nSPS) is 21.0. The van der Waals surface area contributed by atoms with E-state index in [1.54, 1.807) is 9.58 Å². The summed E-state index contributed by atoms with van der Waals surface area (Å²) in [6, 6.07) is 1.75. The molecule has 2 fully saturated rings. The van der Waals surface area contributed by atoms with Crippen molar-refractivity contribution in [1.82, 2.24) is 20.0 Å². The molecule has 0 unspecified atom stereocenters. The van der Waals surface area contributed by atoms with Gasteiger partial charge in [-0.2, -0.15) is 5.10 Å². The largest absolute Gasteiger partial charge is 0.325 e. The van der Waals surface area contributed by atoms with Crippen LogP contribution in [0.15, 0.2) is 6.07 Å². The van der Waals surface area contributed by atoms with E-state index in [4.69, 9.17) is 0 Å². The van der Waals surface area contributed by atoms with Crippen molar-refractivity contribution in [3.8, 4) is 0 Å². The molecular formula is C14H20N4O2. The highest BCUT2D eigenvalue weighted by Crippen LogP contribution is 2.39. The maximum absolute atomic E-state index is 12.2. The van der Waals surface area contributed by atoms with E-state index in [1.165, 1.54) is 0 Å². The number of aromatic nitrogens is 2. The molecule has 0 bridgehead atoms. The van der Waals surface area contributed by atoms with Crippen molar-refractivity contribution < 1.29 is 9.59 Å². The van der Waals surface area contributed by atoms with Gasteiger partial charge in [-0.05, 0) is 25.3 Å². The van der Waals surface area contributed by atoms with E-state index in [2.05, 4.69) is 17.3 Å². The molecule has 6 nitrogen and oxygen atoms in total. The highest BCUT2D eigenvalue weighted by molar-refractivity contribution is 6.07. The van der Waals surface area contributed by atoms with Gasteiger partial charge in [-0.25, -0.2) is 4.79 Å². The summed E-state index contributed by atoms with van der Waals surface area (Å²) in [4.78, 5) is 26.0. The zero-order valence-corrected chi connectivity index (χ0v) is 12.0. The van der Waals surface area contributed by atoms with Gasteiger partial charge < -0.3 is 4.90 Å². The Morgan fingerprint density at radius 2 is 2.05 bits per heavy atom. The summed E-state index contributed by atoms with van der Waals surface area (Å²) in [5.74, 6) is -0.127. The fourth-order valence-corrected chi connectivity index (χ4v) is 3.33. The van der Waals surface area contributed by atoms with Gasteiger partial charge in [0.1, 0.15) is 5.54 Å². The van der Waals surface area contributed by atoms with Crippen LogP contribution < -0.4 is 5.32 Å². The van der Waals surface area contributed by atoms with Crippen LogP contribution in [0.4, 0.5) is 4.79 Å². The van der Waals surface area contributed by atoms with Crippen LogP contribution in [0.2, 0.25) is 0 Å². The second-order valence-corrected chi connectivity index (χ2v) is 5.69. The summed E-state index contributed by atoms with van der Waals surface area (Å²) in [5, 5.41) is 6.88. The first-order valence-corrected chi connectivity index (χ1v) is 7.21. The number of urea groups is 1. The second-order valence-electron chi connectivity index (χ2n) is 5.69. The second kappa shape index (κ2) is 4.61. The Bertz CT molecular complexity index is 558. The number of hydrogen-bond donors (Lipinski definition) is 1. The van der Waals surface area contributed by atoms with E-state index in [1.807, 2.05) is 13.1 Å². The van der Waals surface area contributed by atoms with Gasteiger partial charge >= 0.3 is 6.03 Å². The molecule has 1 aromatic heterocycles. The van der Waals surface area contributed by atoms with Crippen LogP contribution in [0.1, 0.15) is 44.0 Å². The number of nitrogens with one attached hydrogen (secondary N) is 1. The summed E-state index contributed by atoms with van der Waals surface area (Å²) in [5.41, 5.74) is 1.36. The monoisotopic (exact) mass is 276 g/mol. The molecule has 1 aromatic rings. The van der Waals surface area contributed by atoms with Crippen LogP contribution in [-0.4, -0.2) is 32.2 Å². The number of aryl methyl sites for hydroxylation is 2. The fourth-order valence-electron chi connectivity index (χ4n) is 3.33. The smallest absolute Gasteiger partial charge is 0.304 e. The van der Waals surface area contributed by atoms with Crippen molar-refractivity contribution in [1.29, 1.82) is 0 Å². The van der Waals surface area contributed by atoms with Gasteiger partial charge in [-0.3, -0.25) is 14.8 Å². The minimum Gasteiger partial charge on any atom is -0.304 e. The number of nitrogens with zero attached hydrogens (tertiary/aromatic N) is 3. The Kier molecular flexibility index (Phi) is 3.03. The maximum Gasteiger partial charge on any atom is 0.325 e. The standard InChI is InChI=1S/C14H20N4O2/c1-3-10-8-11(17(2)16-10)9-18-13(20)15-12(19)14(18)6-4-5-7-14/h8H,3-7,9H2,1-2H3,(H,15,19,20). The molecule has 1 saturated carbocycles. The zero-order chi connectivity index (χ0) is 14.3. The summed E-state index contributed by atoms with van der Waals surface area (Å²) in [6.45, 7) is 2.50. The van der Waals surface area contributed by atoms with Gasteiger partial charge in [0.25, 0.3) is 5.91 Å². The third-order valence-electron chi connectivity index (χ3n) is 4.55. The van der Waals surface area contributed by atoms with E-state index in [0.717, 1.165) is 43.5 Å². The van der Waals surface area contributed by atoms with Crippen LogP contribution in [-0.2, 0) is 24.8 Å². The highest BCUT2D eigenvalue weighted by atomic mass is 16.2.